The Labute approximate surface area is 125 Å². The molecule has 20 heavy (non-hydrogen) atoms. The molecule has 2 rings (SSSR count). The monoisotopic (exact) mass is 289 g/mol. The van der Waals surface area contributed by atoms with Crippen molar-refractivity contribution in [3.05, 3.63) is 64.7 Å². The van der Waals surface area contributed by atoms with Crippen LogP contribution in [0.4, 0.5) is 0 Å². The van der Waals surface area contributed by atoms with Crippen molar-refractivity contribution in [2.24, 2.45) is 5.73 Å². The molecule has 2 aromatic carbocycles. The van der Waals surface area contributed by atoms with Crippen molar-refractivity contribution in [3.8, 4) is 5.75 Å². The molecule has 0 heterocycles. The van der Waals surface area contributed by atoms with Crippen LogP contribution in [0.3, 0.4) is 0 Å². The van der Waals surface area contributed by atoms with Crippen LogP contribution in [0.2, 0.25) is 5.02 Å². The van der Waals surface area contributed by atoms with E-state index < -0.39 is 0 Å². The number of nitrogens with two attached hydrogens (primary N) is 1. The van der Waals surface area contributed by atoms with Crippen molar-refractivity contribution >= 4 is 11.6 Å². The summed E-state index contributed by atoms with van der Waals surface area (Å²) < 4.78 is 5.72. The van der Waals surface area contributed by atoms with Crippen molar-refractivity contribution in [1.82, 2.24) is 0 Å². The van der Waals surface area contributed by atoms with Crippen molar-refractivity contribution < 1.29 is 4.74 Å². The van der Waals surface area contributed by atoms with Crippen LogP contribution in [0, 0.1) is 6.92 Å². The van der Waals surface area contributed by atoms with Crippen LogP contribution in [0.5, 0.6) is 5.75 Å². The maximum absolute atomic E-state index is 5.92. The first-order valence-corrected chi connectivity index (χ1v) is 7.22. The molecular formula is C17H20ClNO. The molecule has 1 unspecified atom stereocenters. The van der Waals surface area contributed by atoms with Gasteiger partial charge in [-0.3, -0.25) is 0 Å². The second-order valence-electron chi connectivity index (χ2n) is 4.94. The lowest BCUT2D eigenvalue weighted by Crippen LogP contribution is -2.15. The first-order valence-electron chi connectivity index (χ1n) is 6.84. The first-order chi connectivity index (χ1) is 9.69. The van der Waals surface area contributed by atoms with E-state index in [-0.39, 0.29) is 0 Å². The topological polar surface area (TPSA) is 35.2 Å². The van der Waals surface area contributed by atoms with Crippen molar-refractivity contribution in [2.75, 3.05) is 13.2 Å². The first kappa shape index (κ1) is 14.9. The van der Waals surface area contributed by atoms with Crippen LogP contribution < -0.4 is 10.5 Å². The summed E-state index contributed by atoms with van der Waals surface area (Å²) in [5.74, 6) is 1.13. The van der Waals surface area contributed by atoms with E-state index >= 15 is 0 Å². The highest BCUT2D eigenvalue weighted by Crippen LogP contribution is 2.21. The summed E-state index contributed by atoms with van der Waals surface area (Å²) in [6.45, 7) is 3.35. The van der Waals surface area contributed by atoms with E-state index in [4.69, 9.17) is 22.1 Å². The summed E-state index contributed by atoms with van der Waals surface area (Å²) in [5.41, 5.74) is 8.40. The van der Waals surface area contributed by atoms with Gasteiger partial charge >= 0.3 is 0 Å². The molecule has 0 saturated carbocycles. The molecule has 0 aromatic heterocycles. The van der Waals surface area contributed by atoms with Crippen LogP contribution >= 0.6 is 11.6 Å². The smallest absolute Gasteiger partial charge is 0.120 e. The Morgan fingerprint density at radius 3 is 2.55 bits per heavy atom. The molecule has 2 nitrogen and oxygen atoms in total. The fourth-order valence-corrected chi connectivity index (χ4v) is 2.32. The summed E-state index contributed by atoms with van der Waals surface area (Å²) in [6, 6.07) is 16.0. The van der Waals surface area contributed by atoms with Gasteiger partial charge in [0.2, 0.25) is 0 Å². The SMILES string of the molecule is Cc1ccc(C(CN)CCOc2cccc(Cl)c2)cc1. The predicted molar refractivity (Wildman–Crippen MR) is 84.5 cm³/mol. The van der Waals surface area contributed by atoms with Gasteiger partial charge in [-0.25, -0.2) is 0 Å². The normalized spacial score (nSPS) is 12.2. The number of hydrogen-bond acceptors (Lipinski definition) is 2. The Morgan fingerprint density at radius 1 is 1.15 bits per heavy atom. The maximum atomic E-state index is 5.92. The Bertz CT molecular complexity index is 539. The molecule has 0 aliphatic heterocycles. The van der Waals surface area contributed by atoms with Gasteiger partial charge in [0, 0.05) is 5.02 Å². The minimum Gasteiger partial charge on any atom is -0.494 e. The number of rotatable bonds is 6. The van der Waals surface area contributed by atoms with E-state index in [0.29, 0.717) is 24.1 Å². The summed E-state index contributed by atoms with van der Waals surface area (Å²) in [4.78, 5) is 0. The minimum absolute atomic E-state index is 0.329. The van der Waals surface area contributed by atoms with E-state index in [1.165, 1.54) is 11.1 Å². The molecule has 2 N–H and O–H groups in total. The Balaban J connectivity index is 1.89. The molecule has 0 radical (unpaired) electrons. The lowest BCUT2D eigenvalue weighted by Gasteiger charge is -2.16. The van der Waals surface area contributed by atoms with Gasteiger partial charge < -0.3 is 10.5 Å². The van der Waals surface area contributed by atoms with Gasteiger partial charge in [-0.2, -0.15) is 0 Å². The molecule has 0 spiro atoms. The lowest BCUT2D eigenvalue weighted by molar-refractivity contribution is 0.298. The van der Waals surface area contributed by atoms with Crippen molar-refractivity contribution in [1.29, 1.82) is 0 Å². The number of halogens is 1. The van der Waals surface area contributed by atoms with Gasteiger partial charge in [0.15, 0.2) is 0 Å². The molecule has 2 aromatic rings. The molecule has 106 valence electrons. The quantitative estimate of drug-likeness (QED) is 0.866. The van der Waals surface area contributed by atoms with Gasteiger partial charge in [0.05, 0.1) is 6.61 Å². The second kappa shape index (κ2) is 7.32. The fourth-order valence-electron chi connectivity index (χ4n) is 2.14. The van der Waals surface area contributed by atoms with Crippen LogP contribution in [-0.4, -0.2) is 13.2 Å². The standard InChI is InChI=1S/C17H20ClNO/c1-13-5-7-14(8-6-13)15(12-19)9-10-20-17-4-2-3-16(18)11-17/h2-8,11,15H,9-10,12,19H2,1H3. The van der Waals surface area contributed by atoms with Crippen LogP contribution in [0.15, 0.2) is 48.5 Å². The zero-order valence-electron chi connectivity index (χ0n) is 11.7. The fraction of sp³-hybridized carbons (Fsp3) is 0.294. The number of ether oxygens (including phenoxy) is 1. The molecule has 0 aliphatic carbocycles. The third-order valence-electron chi connectivity index (χ3n) is 3.36. The largest absolute Gasteiger partial charge is 0.494 e. The lowest BCUT2D eigenvalue weighted by atomic mass is 9.95. The number of aryl methyl sites for hydroxylation is 1. The third-order valence-corrected chi connectivity index (χ3v) is 3.60. The summed E-state index contributed by atoms with van der Waals surface area (Å²) in [5, 5.41) is 0.691. The van der Waals surface area contributed by atoms with E-state index in [1.807, 2.05) is 24.3 Å². The summed E-state index contributed by atoms with van der Waals surface area (Å²) in [6.07, 6.45) is 0.895. The molecule has 0 saturated heterocycles. The van der Waals surface area contributed by atoms with E-state index in [1.54, 1.807) is 0 Å². The van der Waals surface area contributed by atoms with Crippen LogP contribution in [0.1, 0.15) is 23.5 Å². The average molecular weight is 290 g/mol. The predicted octanol–water partition coefficient (Wildman–Crippen LogP) is 4.16. The van der Waals surface area contributed by atoms with Crippen LogP contribution in [-0.2, 0) is 0 Å². The number of benzene rings is 2. The number of hydrogen-bond donors (Lipinski definition) is 1. The maximum Gasteiger partial charge on any atom is 0.120 e. The molecule has 3 heteroatoms. The molecular weight excluding hydrogens is 270 g/mol. The zero-order chi connectivity index (χ0) is 14.4. The summed E-state index contributed by atoms with van der Waals surface area (Å²) >= 11 is 5.92. The minimum atomic E-state index is 0.329. The van der Waals surface area contributed by atoms with Crippen molar-refractivity contribution in [2.45, 2.75) is 19.3 Å². The molecule has 0 aliphatic rings. The van der Waals surface area contributed by atoms with Crippen molar-refractivity contribution in [3.63, 3.8) is 0 Å². The van der Waals surface area contributed by atoms with Gasteiger partial charge in [0.1, 0.15) is 5.75 Å². The second-order valence-corrected chi connectivity index (χ2v) is 5.37. The van der Waals surface area contributed by atoms with Crippen LogP contribution in [0.25, 0.3) is 0 Å². The highest BCUT2D eigenvalue weighted by molar-refractivity contribution is 6.30. The highest BCUT2D eigenvalue weighted by atomic mass is 35.5. The molecule has 0 bridgehead atoms. The Morgan fingerprint density at radius 2 is 1.90 bits per heavy atom. The molecule has 1 atom stereocenters. The van der Waals surface area contributed by atoms with Gasteiger partial charge in [-0.1, -0.05) is 47.5 Å². The third kappa shape index (κ3) is 4.26. The van der Waals surface area contributed by atoms with E-state index in [2.05, 4.69) is 31.2 Å². The highest BCUT2D eigenvalue weighted by Gasteiger charge is 2.09. The van der Waals surface area contributed by atoms with Gasteiger partial charge in [0.25, 0.3) is 0 Å². The molecule has 0 amide bonds. The van der Waals surface area contributed by atoms with E-state index in [9.17, 15) is 0 Å². The summed E-state index contributed by atoms with van der Waals surface area (Å²) in [7, 11) is 0. The average Bonchev–Trinajstić information content (AvgIpc) is 2.45. The van der Waals surface area contributed by atoms with Gasteiger partial charge in [-0.15, -0.1) is 0 Å². The Kier molecular flexibility index (Phi) is 5.45. The Hall–Kier alpha value is -1.51. The van der Waals surface area contributed by atoms with Gasteiger partial charge in [-0.05, 0) is 49.6 Å². The molecule has 0 fully saturated rings. The van der Waals surface area contributed by atoms with E-state index in [0.717, 1.165) is 12.2 Å². The zero-order valence-corrected chi connectivity index (χ0v) is 12.4.